The molecule has 1 aliphatic rings. The van der Waals surface area contributed by atoms with Crippen LogP contribution in [0.1, 0.15) is 21.8 Å². The molecule has 0 atom stereocenters. The maximum Gasteiger partial charge on any atom is 0.289 e. The quantitative estimate of drug-likeness (QED) is 0.676. The van der Waals surface area contributed by atoms with Gasteiger partial charge in [0, 0.05) is 36.8 Å². The van der Waals surface area contributed by atoms with Crippen LogP contribution in [0.5, 0.6) is 0 Å². The van der Waals surface area contributed by atoms with Gasteiger partial charge in [-0.25, -0.2) is 9.97 Å². The van der Waals surface area contributed by atoms with Gasteiger partial charge >= 0.3 is 0 Å². The summed E-state index contributed by atoms with van der Waals surface area (Å²) >= 11 is 3.22. The van der Waals surface area contributed by atoms with Gasteiger partial charge in [-0.05, 0) is 28.1 Å². The fraction of sp³-hybridized carbons (Fsp3) is 0.167. The summed E-state index contributed by atoms with van der Waals surface area (Å²) in [6.07, 6.45) is 2.54. The Labute approximate surface area is 147 Å². The average molecular weight is 384 g/mol. The van der Waals surface area contributed by atoms with Crippen molar-refractivity contribution < 1.29 is 9.21 Å². The van der Waals surface area contributed by atoms with E-state index in [1.165, 1.54) is 0 Å². The van der Waals surface area contributed by atoms with E-state index in [1.54, 1.807) is 17.0 Å². The summed E-state index contributed by atoms with van der Waals surface area (Å²) in [5, 5.41) is 0. The molecule has 1 amide bonds. The number of nitrogens with zero attached hydrogens (tertiary/aromatic N) is 3. The summed E-state index contributed by atoms with van der Waals surface area (Å²) < 4.78 is 5.91. The molecule has 0 fully saturated rings. The molecule has 6 heteroatoms. The Morgan fingerprint density at radius 3 is 2.75 bits per heavy atom. The molecule has 4 rings (SSSR count). The number of aromatic nitrogens is 2. The van der Waals surface area contributed by atoms with Crippen LogP contribution in [0.4, 0.5) is 0 Å². The Morgan fingerprint density at radius 2 is 2.00 bits per heavy atom. The summed E-state index contributed by atoms with van der Waals surface area (Å²) in [6.45, 7) is 1.12. The summed E-state index contributed by atoms with van der Waals surface area (Å²) in [5.74, 6) is 0.953. The number of fused-ring (bicyclic) bond motifs is 1. The highest BCUT2D eigenvalue weighted by molar-refractivity contribution is 9.10. The third kappa shape index (κ3) is 2.85. The number of amides is 1. The molecule has 1 aromatic carbocycles. The van der Waals surface area contributed by atoms with Crippen LogP contribution >= 0.6 is 15.9 Å². The smallest absolute Gasteiger partial charge is 0.289 e. The summed E-state index contributed by atoms with van der Waals surface area (Å²) in [5.41, 5.74) is 2.99. The Kier molecular flexibility index (Phi) is 3.90. The number of hydrogen-bond donors (Lipinski definition) is 0. The Balaban J connectivity index is 1.57. The van der Waals surface area contributed by atoms with E-state index in [-0.39, 0.29) is 5.91 Å². The lowest BCUT2D eigenvalue weighted by atomic mass is 10.1. The zero-order chi connectivity index (χ0) is 16.5. The highest BCUT2D eigenvalue weighted by Crippen LogP contribution is 2.23. The second-order valence-corrected chi connectivity index (χ2v) is 6.39. The molecule has 0 spiro atoms. The van der Waals surface area contributed by atoms with E-state index >= 15 is 0 Å². The van der Waals surface area contributed by atoms with E-state index in [2.05, 4.69) is 25.9 Å². The van der Waals surface area contributed by atoms with Crippen LogP contribution in [0, 0.1) is 0 Å². The number of halogens is 1. The van der Waals surface area contributed by atoms with E-state index in [4.69, 9.17) is 4.42 Å². The number of carbonyl (C=O) groups is 1. The molecule has 1 aliphatic heterocycles. The fourth-order valence-corrected chi connectivity index (χ4v) is 3.11. The topological polar surface area (TPSA) is 59.2 Å². The van der Waals surface area contributed by atoms with Crippen LogP contribution < -0.4 is 0 Å². The number of furan rings is 1. The normalized spacial score (nSPS) is 13.6. The third-order valence-corrected chi connectivity index (χ3v) is 4.46. The number of hydrogen-bond acceptors (Lipinski definition) is 4. The lowest BCUT2D eigenvalue weighted by Gasteiger charge is -2.27. The molecule has 0 saturated heterocycles. The van der Waals surface area contributed by atoms with Gasteiger partial charge in [0.1, 0.15) is 0 Å². The van der Waals surface area contributed by atoms with Gasteiger partial charge in [-0.1, -0.05) is 30.3 Å². The van der Waals surface area contributed by atoms with Crippen molar-refractivity contribution in [1.82, 2.24) is 14.9 Å². The van der Waals surface area contributed by atoms with E-state index in [1.807, 2.05) is 36.5 Å². The molecule has 3 heterocycles. The van der Waals surface area contributed by atoms with Crippen molar-refractivity contribution in [1.29, 1.82) is 0 Å². The Bertz CT molecular complexity index is 892. The van der Waals surface area contributed by atoms with Crippen molar-refractivity contribution in [3.63, 3.8) is 0 Å². The van der Waals surface area contributed by atoms with Gasteiger partial charge in [0.05, 0.1) is 5.69 Å². The highest BCUT2D eigenvalue weighted by atomic mass is 79.9. The van der Waals surface area contributed by atoms with Crippen molar-refractivity contribution >= 4 is 21.8 Å². The van der Waals surface area contributed by atoms with Gasteiger partial charge in [0.2, 0.25) is 0 Å². The summed E-state index contributed by atoms with van der Waals surface area (Å²) in [4.78, 5) is 23.4. The Morgan fingerprint density at radius 1 is 1.17 bits per heavy atom. The summed E-state index contributed by atoms with van der Waals surface area (Å²) in [6, 6.07) is 13.3. The first-order valence-electron chi connectivity index (χ1n) is 7.65. The van der Waals surface area contributed by atoms with Crippen LogP contribution in [0.25, 0.3) is 11.4 Å². The SMILES string of the molecule is O=C(c1ccc(Br)o1)N1CCc2nc(-c3ccccc3)ncc2C1. The molecule has 0 bridgehead atoms. The van der Waals surface area contributed by atoms with Crippen LogP contribution in [-0.4, -0.2) is 27.3 Å². The van der Waals surface area contributed by atoms with Gasteiger partial charge in [-0.15, -0.1) is 0 Å². The summed E-state index contributed by atoms with van der Waals surface area (Å²) in [7, 11) is 0. The number of rotatable bonds is 2. The second kappa shape index (κ2) is 6.20. The standard InChI is InChI=1S/C18H14BrN3O2/c19-16-7-6-15(24-16)18(23)22-9-8-14-13(11-22)10-20-17(21-14)12-4-2-1-3-5-12/h1-7,10H,8-9,11H2. The van der Waals surface area contributed by atoms with Gasteiger partial charge in [0.25, 0.3) is 5.91 Å². The molecular weight excluding hydrogens is 370 g/mol. The van der Waals surface area contributed by atoms with E-state index in [0.717, 1.165) is 22.6 Å². The minimum absolute atomic E-state index is 0.113. The second-order valence-electron chi connectivity index (χ2n) is 5.61. The molecule has 0 N–H and O–H groups in total. The molecule has 0 radical (unpaired) electrons. The molecule has 5 nitrogen and oxygen atoms in total. The minimum Gasteiger partial charge on any atom is -0.444 e. The predicted octanol–water partition coefficient (Wildman–Crippen LogP) is 3.70. The lowest BCUT2D eigenvalue weighted by Crippen LogP contribution is -2.36. The van der Waals surface area contributed by atoms with Crippen molar-refractivity contribution in [3.05, 3.63) is 70.3 Å². The van der Waals surface area contributed by atoms with Gasteiger partial charge in [-0.2, -0.15) is 0 Å². The molecular formula is C18H14BrN3O2. The average Bonchev–Trinajstić information content (AvgIpc) is 3.07. The van der Waals surface area contributed by atoms with Crippen molar-refractivity contribution in [2.75, 3.05) is 6.54 Å². The molecule has 0 saturated carbocycles. The van der Waals surface area contributed by atoms with Gasteiger partial charge < -0.3 is 9.32 Å². The maximum atomic E-state index is 12.5. The van der Waals surface area contributed by atoms with E-state index in [9.17, 15) is 4.79 Å². The predicted molar refractivity (Wildman–Crippen MR) is 92.3 cm³/mol. The van der Waals surface area contributed by atoms with Gasteiger partial charge in [-0.3, -0.25) is 4.79 Å². The maximum absolute atomic E-state index is 12.5. The van der Waals surface area contributed by atoms with Gasteiger partial charge in [0.15, 0.2) is 16.3 Å². The monoisotopic (exact) mass is 383 g/mol. The lowest BCUT2D eigenvalue weighted by molar-refractivity contribution is 0.0699. The highest BCUT2D eigenvalue weighted by Gasteiger charge is 2.25. The van der Waals surface area contributed by atoms with Crippen molar-refractivity contribution in [3.8, 4) is 11.4 Å². The van der Waals surface area contributed by atoms with E-state index < -0.39 is 0 Å². The van der Waals surface area contributed by atoms with Crippen LogP contribution in [0.3, 0.4) is 0 Å². The first-order chi connectivity index (χ1) is 11.7. The molecule has 0 aliphatic carbocycles. The van der Waals surface area contributed by atoms with Crippen LogP contribution in [0.2, 0.25) is 0 Å². The van der Waals surface area contributed by atoms with Crippen molar-refractivity contribution in [2.24, 2.45) is 0 Å². The molecule has 120 valence electrons. The zero-order valence-corrected chi connectivity index (χ0v) is 14.4. The zero-order valence-electron chi connectivity index (χ0n) is 12.8. The molecule has 0 unspecified atom stereocenters. The third-order valence-electron chi connectivity index (χ3n) is 4.04. The molecule has 3 aromatic rings. The molecule has 24 heavy (non-hydrogen) atoms. The number of benzene rings is 1. The minimum atomic E-state index is -0.113. The Hall–Kier alpha value is -2.47. The van der Waals surface area contributed by atoms with E-state index in [0.29, 0.717) is 29.9 Å². The largest absolute Gasteiger partial charge is 0.444 e. The van der Waals surface area contributed by atoms with Crippen LogP contribution in [0.15, 0.2) is 57.7 Å². The number of carbonyl (C=O) groups excluding carboxylic acids is 1. The van der Waals surface area contributed by atoms with Crippen molar-refractivity contribution in [2.45, 2.75) is 13.0 Å². The first kappa shape index (κ1) is 15.1. The fourth-order valence-electron chi connectivity index (χ4n) is 2.80. The first-order valence-corrected chi connectivity index (χ1v) is 8.45. The van der Waals surface area contributed by atoms with Crippen LogP contribution in [-0.2, 0) is 13.0 Å². The molecule has 2 aromatic heterocycles.